The number of nitrogens with one attached hydrogen (secondary N) is 2. The molecule has 3 heteroatoms. The van der Waals surface area contributed by atoms with Gasteiger partial charge in [0.05, 0.1) is 0 Å². The summed E-state index contributed by atoms with van der Waals surface area (Å²) in [6.45, 7) is 7.95. The zero-order valence-corrected chi connectivity index (χ0v) is 11.3. The zero-order chi connectivity index (χ0) is 12.4. The molecular weight excluding hydrogens is 200 g/mol. The minimum absolute atomic E-state index is 0.0636. The minimum Gasteiger partial charge on any atom is -0.356 e. The molecule has 16 heavy (non-hydrogen) atoms. The lowest BCUT2D eigenvalue weighted by Gasteiger charge is -2.17. The first-order chi connectivity index (χ1) is 7.65. The van der Waals surface area contributed by atoms with Crippen LogP contribution in [-0.4, -0.2) is 26.0 Å². The predicted molar refractivity (Wildman–Crippen MR) is 69.4 cm³/mol. The number of carbonyl (C=O) groups is 1. The summed E-state index contributed by atoms with van der Waals surface area (Å²) >= 11 is 0. The van der Waals surface area contributed by atoms with Gasteiger partial charge in [-0.05, 0) is 19.4 Å². The van der Waals surface area contributed by atoms with Crippen LogP contribution in [0.3, 0.4) is 0 Å². The molecule has 0 aromatic heterocycles. The Balaban J connectivity index is 3.78. The molecule has 0 fully saturated rings. The van der Waals surface area contributed by atoms with E-state index in [2.05, 4.69) is 24.5 Å². The Morgan fingerprint density at radius 2 is 1.94 bits per heavy atom. The zero-order valence-electron chi connectivity index (χ0n) is 11.3. The Bertz CT molecular complexity index is 183. The van der Waals surface area contributed by atoms with Crippen molar-refractivity contribution in [2.45, 2.75) is 46.5 Å². The van der Waals surface area contributed by atoms with Gasteiger partial charge in [-0.2, -0.15) is 0 Å². The molecule has 0 radical (unpaired) electrons. The van der Waals surface area contributed by atoms with Crippen LogP contribution in [0.5, 0.6) is 0 Å². The number of rotatable bonds is 9. The molecule has 0 spiro atoms. The Morgan fingerprint density at radius 1 is 1.25 bits per heavy atom. The lowest BCUT2D eigenvalue weighted by atomic mass is 9.99. The van der Waals surface area contributed by atoms with Gasteiger partial charge in [-0.15, -0.1) is 0 Å². The van der Waals surface area contributed by atoms with Crippen LogP contribution in [0.4, 0.5) is 0 Å². The second kappa shape index (κ2) is 9.64. The Morgan fingerprint density at radius 3 is 2.44 bits per heavy atom. The highest BCUT2D eigenvalue weighted by atomic mass is 16.1. The first-order valence-corrected chi connectivity index (χ1v) is 6.57. The molecule has 0 aliphatic heterocycles. The van der Waals surface area contributed by atoms with Crippen molar-refractivity contribution in [2.75, 3.05) is 20.1 Å². The molecule has 96 valence electrons. The van der Waals surface area contributed by atoms with E-state index in [0.29, 0.717) is 5.92 Å². The number of amides is 1. The molecule has 3 nitrogen and oxygen atoms in total. The standard InChI is InChI=1S/C13H28N2O/c1-5-7-8-12(6-2)10-15-13(16)11(3)9-14-4/h11-12,14H,5-10H2,1-4H3,(H,15,16). The van der Waals surface area contributed by atoms with Crippen molar-refractivity contribution >= 4 is 5.91 Å². The molecular formula is C13H28N2O. The van der Waals surface area contributed by atoms with Crippen LogP contribution >= 0.6 is 0 Å². The van der Waals surface area contributed by atoms with Gasteiger partial charge in [0.2, 0.25) is 5.91 Å². The van der Waals surface area contributed by atoms with Crippen LogP contribution in [0.2, 0.25) is 0 Å². The molecule has 0 aromatic rings. The SMILES string of the molecule is CCCCC(CC)CNC(=O)C(C)CNC. The molecule has 0 rings (SSSR count). The molecule has 0 aliphatic rings. The smallest absolute Gasteiger partial charge is 0.224 e. The highest BCUT2D eigenvalue weighted by Crippen LogP contribution is 2.11. The average Bonchev–Trinajstić information content (AvgIpc) is 2.29. The first kappa shape index (κ1) is 15.4. The molecule has 0 aromatic carbocycles. The maximum absolute atomic E-state index is 11.7. The van der Waals surface area contributed by atoms with Gasteiger partial charge in [0, 0.05) is 19.0 Å². The summed E-state index contributed by atoms with van der Waals surface area (Å²) in [7, 11) is 1.87. The second-order valence-electron chi connectivity index (χ2n) is 4.62. The summed E-state index contributed by atoms with van der Waals surface area (Å²) < 4.78 is 0. The van der Waals surface area contributed by atoms with Gasteiger partial charge in [0.1, 0.15) is 0 Å². The van der Waals surface area contributed by atoms with Crippen molar-refractivity contribution in [3.8, 4) is 0 Å². The quantitative estimate of drug-likeness (QED) is 0.635. The fraction of sp³-hybridized carbons (Fsp3) is 0.923. The summed E-state index contributed by atoms with van der Waals surface area (Å²) in [5.74, 6) is 0.878. The molecule has 0 heterocycles. The normalized spacial score (nSPS) is 14.5. The molecule has 2 unspecified atom stereocenters. The van der Waals surface area contributed by atoms with E-state index in [1.807, 2.05) is 14.0 Å². The lowest BCUT2D eigenvalue weighted by molar-refractivity contribution is -0.124. The van der Waals surface area contributed by atoms with E-state index in [1.165, 1.54) is 19.3 Å². The van der Waals surface area contributed by atoms with Crippen molar-refractivity contribution in [2.24, 2.45) is 11.8 Å². The van der Waals surface area contributed by atoms with Gasteiger partial charge >= 0.3 is 0 Å². The molecule has 0 saturated heterocycles. The molecule has 0 aliphatic carbocycles. The van der Waals surface area contributed by atoms with Crippen molar-refractivity contribution in [3.63, 3.8) is 0 Å². The fourth-order valence-electron chi connectivity index (χ4n) is 1.76. The van der Waals surface area contributed by atoms with Crippen LogP contribution in [0, 0.1) is 11.8 Å². The predicted octanol–water partition coefficient (Wildman–Crippen LogP) is 2.17. The van der Waals surface area contributed by atoms with E-state index in [1.54, 1.807) is 0 Å². The number of hydrogen-bond acceptors (Lipinski definition) is 2. The first-order valence-electron chi connectivity index (χ1n) is 6.57. The fourth-order valence-corrected chi connectivity index (χ4v) is 1.76. The van der Waals surface area contributed by atoms with Gasteiger partial charge in [-0.3, -0.25) is 4.79 Å². The lowest BCUT2D eigenvalue weighted by Crippen LogP contribution is -2.36. The van der Waals surface area contributed by atoms with Crippen molar-refractivity contribution < 1.29 is 4.79 Å². The van der Waals surface area contributed by atoms with Gasteiger partial charge < -0.3 is 10.6 Å². The maximum Gasteiger partial charge on any atom is 0.224 e. The third-order valence-electron chi connectivity index (χ3n) is 3.07. The number of unbranched alkanes of at least 4 members (excludes halogenated alkanes) is 1. The summed E-state index contributed by atoms with van der Waals surface area (Å²) in [6, 6.07) is 0. The maximum atomic E-state index is 11.7. The molecule has 2 N–H and O–H groups in total. The van der Waals surface area contributed by atoms with Crippen molar-refractivity contribution in [1.82, 2.24) is 10.6 Å². The second-order valence-corrected chi connectivity index (χ2v) is 4.62. The van der Waals surface area contributed by atoms with Gasteiger partial charge in [0.15, 0.2) is 0 Å². The van der Waals surface area contributed by atoms with E-state index in [4.69, 9.17) is 0 Å². The van der Waals surface area contributed by atoms with Crippen molar-refractivity contribution in [1.29, 1.82) is 0 Å². The largest absolute Gasteiger partial charge is 0.356 e. The van der Waals surface area contributed by atoms with Gasteiger partial charge in [0.25, 0.3) is 0 Å². The van der Waals surface area contributed by atoms with Crippen LogP contribution < -0.4 is 10.6 Å². The third kappa shape index (κ3) is 6.83. The highest BCUT2D eigenvalue weighted by Gasteiger charge is 2.13. The number of carbonyl (C=O) groups excluding carboxylic acids is 1. The topological polar surface area (TPSA) is 41.1 Å². The van der Waals surface area contributed by atoms with Gasteiger partial charge in [-0.1, -0.05) is 40.0 Å². The molecule has 1 amide bonds. The van der Waals surface area contributed by atoms with Crippen LogP contribution in [0.1, 0.15) is 46.5 Å². The van der Waals surface area contributed by atoms with Crippen LogP contribution in [0.15, 0.2) is 0 Å². The van der Waals surface area contributed by atoms with E-state index in [-0.39, 0.29) is 11.8 Å². The third-order valence-corrected chi connectivity index (χ3v) is 3.07. The van der Waals surface area contributed by atoms with E-state index < -0.39 is 0 Å². The average molecular weight is 228 g/mol. The Labute approximate surface area is 100 Å². The van der Waals surface area contributed by atoms with E-state index >= 15 is 0 Å². The molecule has 0 saturated carbocycles. The summed E-state index contributed by atoms with van der Waals surface area (Å²) in [5.41, 5.74) is 0. The summed E-state index contributed by atoms with van der Waals surface area (Å²) in [4.78, 5) is 11.7. The minimum atomic E-state index is 0.0636. The molecule has 2 atom stereocenters. The van der Waals surface area contributed by atoms with E-state index in [9.17, 15) is 4.79 Å². The Kier molecular flexibility index (Phi) is 9.30. The van der Waals surface area contributed by atoms with Gasteiger partial charge in [-0.25, -0.2) is 0 Å². The Hall–Kier alpha value is -0.570. The molecule has 0 bridgehead atoms. The summed E-state index contributed by atoms with van der Waals surface area (Å²) in [5, 5.41) is 6.07. The number of hydrogen-bond donors (Lipinski definition) is 2. The van der Waals surface area contributed by atoms with Crippen molar-refractivity contribution in [3.05, 3.63) is 0 Å². The summed E-state index contributed by atoms with van der Waals surface area (Å²) in [6.07, 6.45) is 4.88. The van der Waals surface area contributed by atoms with E-state index in [0.717, 1.165) is 19.5 Å². The highest BCUT2D eigenvalue weighted by molar-refractivity contribution is 5.78. The van der Waals surface area contributed by atoms with Crippen LogP contribution in [0.25, 0.3) is 0 Å². The van der Waals surface area contributed by atoms with Crippen LogP contribution in [-0.2, 0) is 4.79 Å². The monoisotopic (exact) mass is 228 g/mol.